The maximum atomic E-state index is 12.8. The van der Waals surface area contributed by atoms with E-state index in [9.17, 15) is 13.6 Å². The average molecular weight is 214 g/mol. The van der Waals surface area contributed by atoms with E-state index in [1.165, 1.54) is 6.07 Å². The first-order valence-electron chi connectivity index (χ1n) is 4.55. The molecule has 0 radical (unpaired) electrons. The van der Waals surface area contributed by atoms with Crippen molar-refractivity contribution in [1.82, 2.24) is 0 Å². The van der Waals surface area contributed by atoms with Crippen molar-refractivity contribution in [2.75, 3.05) is 0 Å². The molecule has 0 heterocycles. The van der Waals surface area contributed by atoms with Crippen LogP contribution in [0.2, 0.25) is 0 Å². The van der Waals surface area contributed by atoms with Crippen molar-refractivity contribution < 1.29 is 18.7 Å². The zero-order valence-electron chi connectivity index (χ0n) is 8.34. The summed E-state index contributed by atoms with van der Waals surface area (Å²) in [6.45, 7) is 0.824. The average Bonchev–Trinajstić information content (AvgIpc) is 2.05. The summed E-state index contributed by atoms with van der Waals surface area (Å²) in [5.74, 6) is -3.82. The third kappa shape index (κ3) is 4.06. The quantitative estimate of drug-likeness (QED) is 0.836. The van der Waals surface area contributed by atoms with Crippen LogP contribution in [0, 0.1) is 0 Å². The fraction of sp³-hybridized carbons (Fsp3) is 0.364. The Hall–Kier alpha value is -1.45. The van der Waals surface area contributed by atoms with E-state index in [-0.39, 0.29) is 6.42 Å². The number of rotatable bonds is 4. The van der Waals surface area contributed by atoms with E-state index in [1.807, 2.05) is 0 Å². The highest BCUT2D eigenvalue weighted by Crippen LogP contribution is 2.21. The van der Waals surface area contributed by atoms with Crippen LogP contribution in [0.5, 0.6) is 0 Å². The molecule has 1 aromatic rings. The molecule has 15 heavy (non-hydrogen) atoms. The Kier molecular flexibility index (Phi) is 3.39. The third-order valence-corrected chi connectivity index (χ3v) is 1.96. The lowest BCUT2D eigenvalue weighted by atomic mass is 9.99. The highest BCUT2D eigenvalue weighted by molar-refractivity contribution is 5.70. The topological polar surface area (TPSA) is 37.3 Å². The normalized spacial score (nSPS) is 11.4. The van der Waals surface area contributed by atoms with E-state index < -0.39 is 18.3 Å². The number of benzene rings is 1. The van der Waals surface area contributed by atoms with Gasteiger partial charge in [-0.15, -0.1) is 0 Å². The molecule has 0 aliphatic carbocycles. The summed E-state index contributed by atoms with van der Waals surface area (Å²) in [5, 5.41) is 8.60. The summed E-state index contributed by atoms with van der Waals surface area (Å²) in [4.78, 5) is 10.5. The lowest BCUT2D eigenvalue weighted by Crippen LogP contribution is -2.15. The Morgan fingerprint density at radius 1 is 1.33 bits per heavy atom. The van der Waals surface area contributed by atoms with Crippen LogP contribution in [0.4, 0.5) is 8.78 Å². The molecule has 82 valence electrons. The molecule has 1 aromatic carbocycles. The SMILES string of the molecule is CC(F)(F)Cc1ccccc1CC(=O)O. The van der Waals surface area contributed by atoms with E-state index >= 15 is 0 Å². The molecule has 0 saturated carbocycles. The van der Waals surface area contributed by atoms with Crippen LogP contribution in [-0.4, -0.2) is 17.0 Å². The second kappa shape index (κ2) is 4.38. The number of carboxylic acids is 1. The van der Waals surface area contributed by atoms with E-state index in [1.54, 1.807) is 18.2 Å². The minimum Gasteiger partial charge on any atom is -0.481 e. The van der Waals surface area contributed by atoms with Crippen LogP contribution in [0.3, 0.4) is 0 Å². The second-order valence-electron chi connectivity index (χ2n) is 3.59. The standard InChI is InChI=1S/C11H12F2O2/c1-11(12,13)7-9-5-3-2-4-8(9)6-10(14)15/h2-5H,6-7H2,1H3,(H,14,15). The summed E-state index contributed by atoms with van der Waals surface area (Å²) >= 11 is 0. The minimum atomic E-state index is -2.81. The second-order valence-corrected chi connectivity index (χ2v) is 3.59. The molecule has 0 aliphatic rings. The molecule has 2 nitrogen and oxygen atoms in total. The molecule has 4 heteroatoms. The molecule has 0 spiro atoms. The summed E-state index contributed by atoms with van der Waals surface area (Å²) in [6, 6.07) is 6.38. The first-order chi connectivity index (χ1) is 6.88. The van der Waals surface area contributed by atoms with Crippen LogP contribution in [0.25, 0.3) is 0 Å². The summed E-state index contributed by atoms with van der Waals surface area (Å²) < 4.78 is 25.6. The summed E-state index contributed by atoms with van der Waals surface area (Å²) in [5.41, 5.74) is 0.846. The molecule has 0 saturated heterocycles. The predicted molar refractivity (Wildman–Crippen MR) is 52.1 cm³/mol. The molecule has 0 aliphatic heterocycles. The molecule has 0 atom stereocenters. The fourth-order valence-corrected chi connectivity index (χ4v) is 1.40. The maximum Gasteiger partial charge on any atom is 0.307 e. The maximum absolute atomic E-state index is 12.8. The van der Waals surface area contributed by atoms with E-state index in [0.717, 1.165) is 6.92 Å². The molecule has 0 fully saturated rings. The summed E-state index contributed by atoms with van der Waals surface area (Å²) in [7, 11) is 0. The Morgan fingerprint density at radius 2 is 1.87 bits per heavy atom. The molecular weight excluding hydrogens is 202 g/mol. The monoisotopic (exact) mass is 214 g/mol. The molecule has 1 N–H and O–H groups in total. The fourth-order valence-electron chi connectivity index (χ4n) is 1.40. The van der Waals surface area contributed by atoms with Crippen LogP contribution < -0.4 is 0 Å². The van der Waals surface area contributed by atoms with Crippen molar-refractivity contribution in [3.8, 4) is 0 Å². The van der Waals surface area contributed by atoms with Gasteiger partial charge in [-0.2, -0.15) is 0 Å². The zero-order chi connectivity index (χ0) is 11.5. The third-order valence-electron chi connectivity index (χ3n) is 1.96. The predicted octanol–water partition coefficient (Wildman–Crippen LogP) is 2.51. The molecular formula is C11H12F2O2. The first kappa shape index (κ1) is 11.6. The van der Waals surface area contributed by atoms with Crippen molar-refractivity contribution in [3.05, 3.63) is 35.4 Å². The lowest BCUT2D eigenvalue weighted by molar-refractivity contribution is -0.136. The van der Waals surface area contributed by atoms with E-state index in [0.29, 0.717) is 11.1 Å². The zero-order valence-corrected chi connectivity index (χ0v) is 8.34. The van der Waals surface area contributed by atoms with Crippen molar-refractivity contribution in [2.24, 2.45) is 0 Å². The van der Waals surface area contributed by atoms with E-state index in [2.05, 4.69) is 0 Å². The number of halogens is 2. The van der Waals surface area contributed by atoms with Gasteiger partial charge in [0, 0.05) is 6.42 Å². The van der Waals surface area contributed by atoms with Gasteiger partial charge in [0.2, 0.25) is 5.92 Å². The highest BCUT2D eigenvalue weighted by atomic mass is 19.3. The van der Waals surface area contributed by atoms with Gasteiger partial charge in [-0.05, 0) is 18.1 Å². The van der Waals surface area contributed by atoms with Gasteiger partial charge in [-0.3, -0.25) is 4.79 Å². The van der Waals surface area contributed by atoms with Crippen molar-refractivity contribution >= 4 is 5.97 Å². The Morgan fingerprint density at radius 3 is 2.33 bits per heavy atom. The van der Waals surface area contributed by atoms with Crippen LogP contribution in [-0.2, 0) is 17.6 Å². The molecule has 0 aromatic heterocycles. The highest BCUT2D eigenvalue weighted by Gasteiger charge is 2.23. The van der Waals surface area contributed by atoms with Crippen LogP contribution in [0.15, 0.2) is 24.3 Å². The van der Waals surface area contributed by atoms with Gasteiger partial charge in [0.05, 0.1) is 6.42 Å². The number of carboxylic acid groups (broad SMARTS) is 1. The Balaban J connectivity index is 2.91. The number of hydrogen-bond donors (Lipinski definition) is 1. The molecule has 1 rings (SSSR count). The van der Waals surface area contributed by atoms with Gasteiger partial charge in [0.15, 0.2) is 0 Å². The Bertz CT molecular complexity index is 356. The van der Waals surface area contributed by atoms with Crippen molar-refractivity contribution in [1.29, 1.82) is 0 Å². The molecule has 0 unspecified atom stereocenters. The van der Waals surface area contributed by atoms with Crippen LogP contribution in [0.1, 0.15) is 18.1 Å². The smallest absolute Gasteiger partial charge is 0.307 e. The number of hydrogen-bond acceptors (Lipinski definition) is 1. The van der Waals surface area contributed by atoms with E-state index in [4.69, 9.17) is 5.11 Å². The van der Waals surface area contributed by atoms with Gasteiger partial charge in [0.1, 0.15) is 0 Å². The van der Waals surface area contributed by atoms with Gasteiger partial charge in [-0.1, -0.05) is 24.3 Å². The van der Waals surface area contributed by atoms with Gasteiger partial charge >= 0.3 is 5.97 Å². The lowest BCUT2D eigenvalue weighted by Gasteiger charge is -2.12. The molecule has 0 amide bonds. The largest absolute Gasteiger partial charge is 0.481 e. The first-order valence-corrected chi connectivity index (χ1v) is 4.55. The van der Waals surface area contributed by atoms with Gasteiger partial charge in [-0.25, -0.2) is 8.78 Å². The summed E-state index contributed by atoms with van der Waals surface area (Å²) in [6.07, 6.45) is -0.636. The Labute approximate surface area is 86.5 Å². The molecule has 0 bridgehead atoms. The number of carbonyl (C=O) groups is 1. The van der Waals surface area contributed by atoms with Crippen molar-refractivity contribution in [2.45, 2.75) is 25.7 Å². The number of alkyl halides is 2. The van der Waals surface area contributed by atoms with Gasteiger partial charge in [0.25, 0.3) is 0 Å². The van der Waals surface area contributed by atoms with Gasteiger partial charge < -0.3 is 5.11 Å². The number of aliphatic carboxylic acids is 1. The van der Waals surface area contributed by atoms with Crippen LogP contribution >= 0.6 is 0 Å². The van der Waals surface area contributed by atoms with Crippen molar-refractivity contribution in [3.63, 3.8) is 0 Å². The minimum absolute atomic E-state index is 0.216.